The van der Waals surface area contributed by atoms with E-state index in [2.05, 4.69) is 42.8 Å². The summed E-state index contributed by atoms with van der Waals surface area (Å²) in [4.78, 5) is 10.8. The lowest BCUT2D eigenvalue weighted by Crippen LogP contribution is -2.28. The van der Waals surface area contributed by atoms with Crippen molar-refractivity contribution in [2.45, 2.75) is 89.2 Å². The fourth-order valence-corrected chi connectivity index (χ4v) is 4.63. The highest BCUT2D eigenvalue weighted by molar-refractivity contribution is 9.09. The van der Waals surface area contributed by atoms with Gasteiger partial charge in [0, 0.05) is 17.2 Å². The average Bonchev–Trinajstić information content (AvgIpc) is 2.86. The van der Waals surface area contributed by atoms with Crippen molar-refractivity contribution in [2.24, 2.45) is 17.3 Å². The van der Waals surface area contributed by atoms with Crippen LogP contribution in [0.3, 0.4) is 0 Å². The van der Waals surface area contributed by atoms with Gasteiger partial charge in [-0.25, -0.2) is 0 Å². The second-order valence-electron chi connectivity index (χ2n) is 8.48. The van der Waals surface area contributed by atoms with E-state index in [4.69, 9.17) is 5.11 Å². The largest absolute Gasteiger partial charge is 0.481 e. The standard InChI is InChI=1S/C22H37BrO4/c1-4-5-14-22(2,3)20(25)13-12-17-16(18(23)15-19(17)24)10-8-6-7-9-11-21(26)27/h6,8,12-13,16-20,24-25H,4-5,7,9-11,14-15H2,1-3H3,(H,26,27)/b8-6-,13-12+/t16-,17-,18+,19-,20-/m1/s1. The normalized spacial score (nSPS) is 27.6. The Kier molecular flexibility index (Phi) is 10.9. The van der Waals surface area contributed by atoms with Gasteiger partial charge in [-0.05, 0) is 43.4 Å². The number of aliphatic hydroxyl groups is 2. The Morgan fingerprint density at radius 3 is 2.63 bits per heavy atom. The highest BCUT2D eigenvalue weighted by atomic mass is 79.9. The van der Waals surface area contributed by atoms with Crippen LogP contribution in [0.4, 0.5) is 0 Å². The lowest BCUT2D eigenvalue weighted by molar-refractivity contribution is -0.137. The predicted molar refractivity (Wildman–Crippen MR) is 114 cm³/mol. The highest BCUT2D eigenvalue weighted by Gasteiger charge is 2.39. The fourth-order valence-electron chi connectivity index (χ4n) is 3.68. The minimum atomic E-state index is -0.756. The molecule has 1 fully saturated rings. The van der Waals surface area contributed by atoms with Crippen molar-refractivity contribution in [1.82, 2.24) is 0 Å². The first-order valence-corrected chi connectivity index (χ1v) is 11.2. The Morgan fingerprint density at radius 2 is 2.00 bits per heavy atom. The molecule has 5 atom stereocenters. The van der Waals surface area contributed by atoms with Crippen LogP contribution in [0.2, 0.25) is 0 Å². The van der Waals surface area contributed by atoms with E-state index < -0.39 is 18.2 Å². The van der Waals surface area contributed by atoms with E-state index in [9.17, 15) is 15.0 Å². The fraction of sp³-hybridized carbons (Fsp3) is 0.773. The minimum absolute atomic E-state index is 0.0228. The molecule has 0 heterocycles. The lowest BCUT2D eigenvalue weighted by Gasteiger charge is -2.29. The molecule has 0 unspecified atom stereocenters. The Bertz CT molecular complexity index is 501. The van der Waals surface area contributed by atoms with Crippen molar-refractivity contribution in [1.29, 1.82) is 0 Å². The molecule has 3 N–H and O–H groups in total. The van der Waals surface area contributed by atoms with E-state index in [1.165, 1.54) is 0 Å². The van der Waals surface area contributed by atoms with Gasteiger partial charge in [-0.15, -0.1) is 0 Å². The topological polar surface area (TPSA) is 77.8 Å². The molecule has 0 radical (unpaired) electrons. The maximum atomic E-state index is 10.6. The SMILES string of the molecule is CCCCC(C)(C)[C@H](O)/C=C/[C@@H]1[C@@H](C/C=C\CCCC(=O)O)[C@@H](Br)C[C@H]1O. The highest BCUT2D eigenvalue weighted by Crippen LogP contribution is 2.41. The number of halogens is 1. The van der Waals surface area contributed by atoms with Crippen LogP contribution in [-0.2, 0) is 4.79 Å². The lowest BCUT2D eigenvalue weighted by atomic mass is 9.80. The molecule has 4 nitrogen and oxygen atoms in total. The van der Waals surface area contributed by atoms with Gasteiger partial charge in [0.25, 0.3) is 0 Å². The van der Waals surface area contributed by atoms with E-state index in [0.29, 0.717) is 12.8 Å². The Hall–Kier alpha value is -0.650. The summed E-state index contributed by atoms with van der Waals surface area (Å²) in [6, 6.07) is 0. The van der Waals surface area contributed by atoms with Crippen molar-refractivity contribution in [3.63, 3.8) is 0 Å². The quantitative estimate of drug-likeness (QED) is 0.222. The molecular formula is C22H37BrO4. The molecule has 0 aromatic rings. The van der Waals surface area contributed by atoms with E-state index in [-0.39, 0.29) is 28.5 Å². The molecule has 0 aliphatic heterocycles. The molecule has 0 spiro atoms. The first-order valence-electron chi connectivity index (χ1n) is 10.2. The molecule has 156 valence electrons. The minimum Gasteiger partial charge on any atom is -0.481 e. The number of hydrogen-bond donors (Lipinski definition) is 3. The van der Waals surface area contributed by atoms with Gasteiger partial charge in [-0.3, -0.25) is 4.79 Å². The maximum absolute atomic E-state index is 10.6. The zero-order valence-corrected chi connectivity index (χ0v) is 18.6. The molecule has 0 amide bonds. The number of carboxylic acids is 1. The van der Waals surface area contributed by atoms with Crippen molar-refractivity contribution in [3.8, 4) is 0 Å². The van der Waals surface area contributed by atoms with Gasteiger partial charge >= 0.3 is 5.97 Å². The molecule has 1 aliphatic rings. The number of alkyl halides is 1. The van der Waals surface area contributed by atoms with Crippen LogP contribution in [-0.4, -0.2) is 38.3 Å². The first-order chi connectivity index (χ1) is 12.7. The first kappa shape index (κ1) is 24.4. The van der Waals surface area contributed by atoms with Gasteiger partial charge in [0.1, 0.15) is 0 Å². The number of carbonyl (C=O) groups is 1. The number of rotatable bonds is 12. The molecular weight excluding hydrogens is 408 g/mol. The second-order valence-corrected chi connectivity index (χ2v) is 9.65. The van der Waals surface area contributed by atoms with E-state index in [0.717, 1.165) is 32.1 Å². The number of aliphatic hydroxyl groups excluding tert-OH is 2. The number of carboxylic acid groups (broad SMARTS) is 1. The van der Waals surface area contributed by atoms with E-state index in [1.54, 1.807) is 0 Å². The van der Waals surface area contributed by atoms with Crippen molar-refractivity contribution < 1.29 is 20.1 Å². The monoisotopic (exact) mass is 444 g/mol. The molecule has 0 aromatic carbocycles. The van der Waals surface area contributed by atoms with Crippen molar-refractivity contribution >= 4 is 21.9 Å². The molecule has 1 aliphatic carbocycles. The van der Waals surface area contributed by atoms with E-state index >= 15 is 0 Å². The zero-order valence-electron chi connectivity index (χ0n) is 17.0. The molecule has 5 heteroatoms. The maximum Gasteiger partial charge on any atom is 0.303 e. The van der Waals surface area contributed by atoms with Crippen LogP contribution < -0.4 is 0 Å². The summed E-state index contributed by atoms with van der Waals surface area (Å²) >= 11 is 3.70. The van der Waals surface area contributed by atoms with Crippen LogP contribution in [0, 0.1) is 17.3 Å². The molecule has 1 saturated carbocycles. The number of hydrogen-bond acceptors (Lipinski definition) is 3. The number of allylic oxidation sites excluding steroid dienone is 2. The molecule has 0 saturated heterocycles. The van der Waals surface area contributed by atoms with Crippen LogP contribution in [0.15, 0.2) is 24.3 Å². The molecule has 0 bridgehead atoms. The van der Waals surface area contributed by atoms with Gasteiger partial charge in [0.05, 0.1) is 12.2 Å². The van der Waals surface area contributed by atoms with Gasteiger partial charge in [0.15, 0.2) is 0 Å². The summed E-state index contributed by atoms with van der Waals surface area (Å²) in [6.07, 6.45) is 13.5. The zero-order chi connectivity index (χ0) is 20.4. The Balaban J connectivity index is 2.62. The number of aliphatic carboxylic acids is 1. The molecule has 27 heavy (non-hydrogen) atoms. The molecule has 1 rings (SSSR count). The Labute approximate surface area is 172 Å². The van der Waals surface area contributed by atoms with Crippen molar-refractivity contribution in [2.75, 3.05) is 0 Å². The van der Waals surface area contributed by atoms with Gasteiger partial charge in [0.2, 0.25) is 0 Å². The van der Waals surface area contributed by atoms with E-state index in [1.807, 2.05) is 18.2 Å². The second kappa shape index (κ2) is 12.0. The third-order valence-corrected chi connectivity index (χ3v) is 6.75. The third-order valence-electron chi connectivity index (χ3n) is 5.70. The van der Waals surface area contributed by atoms with Crippen LogP contribution in [0.5, 0.6) is 0 Å². The molecule has 0 aromatic heterocycles. The van der Waals surface area contributed by atoms with Gasteiger partial charge in [-0.1, -0.05) is 73.8 Å². The summed E-state index contributed by atoms with van der Waals surface area (Å²) in [5, 5.41) is 29.7. The number of unbranched alkanes of at least 4 members (excludes halogenated alkanes) is 2. The summed E-state index contributed by atoms with van der Waals surface area (Å²) in [6.45, 7) is 6.34. The third kappa shape index (κ3) is 8.49. The average molecular weight is 445 g/mol. The smallest absolute Gasteiger partial charge is 0.303 e. The van der Waals surface area contributed by atoms with Gasteiger partial charge < -0.3 is 15.3 Å². The van der Waals surface area contributed by atoms with Crippen LogP contribution in [0.1, 0.15) is 72.1 Å². The Morgan fingerprint density at radius 1 is 1.30 bits per heavy atom. The summed E-state index contributed by atoms with van der Waals surface area (Å²) in [7, 11) is 0. The van der Waals surface area contributed by atoms with Crippen LogP contribution >= 0.6 is 15.9 Å². The van der Waals surface area contributed by atoms with Crippen LogP contribution in [0.25, 0.3) is 0 Å². The predicted octanol–water partition coefficient (Wildman–Crippen LogP) is 5.08. The summed E-state index contributed by atoms with van der Waals surface area (Å²) < 4.78 is 0. The summed E-state index contributed by atoms with van der Waals surface area (Å²) in [5.41, 5.74) is -0.163. The van der Waals surface area contributed by atoms with Crippen molar-refractivity contribution in [3.05, 3.63) is 24.3 Å². The summed E-state index contributed by atoms with van der Waals surface area (Å²) in [5.74, 6) is -0.457. The van der Waals surface area contributed by atoms with Gasteiger partial charge in [-0.2, -0.15) is 0 Å².